The molecular formula is C17H19ClF3N5O2. The molecule has 2 atom stereocenters. The number of nitrogens with one attached hydrogen (secondary N) is 1. The van der Waals surface area contributed by atoms with Gasteiger partial charge < -0.3 is 10.1 Å². The Hall–Kier alpha value is -2.07. The van der Waals surface area contributed by atoms with Crippen LogP contribution in [0.5, 0.6) is 0 Å². The minimum Gasteiger partial charge on any atom is -0.375 e. The molecule has 11 heteroatoms. The van der Waals surface area contributed by atoms with E-state index in [0.29, 0.717) is 19.4 Å². The highest BCUT2D eigenvalue weighted by molar-refractivity contribution is 6.29. The zero-order chi connectivity index (χ0) is 20.3. The first kappa shape index (κ1) is 19.3. The second-order valence-corrected chi connectivity index (χ2v) is 8.11. The molecule has 2 aliphatic rings. The maximum Gasteiger partial charge on any atom is 0.399 e. The van der Waals surface area contributed by atoms with Crippen molar-refractivity contribution in [3.05, 3.63) is 23.1 Å². The lowest BCUT2D eigenvalue weighted by Gasteiger charge is -2.36. The van der Waals surface area contributed by atoms with E-state index in [9.17, 15) is 18.0 Å². The van der Waals surface area contributed by atoms with Crippen LogP contribution in [0.4, 0.5) is 23.7 Å². The largest absolute Gasteiger partial charge is 0.399 e. The summed E-state index contributed by atoms with van der Waals surface area (Å²) in [5, 5.41) is 6.80. The molecule has 4 heterocycles. The monoisotopic (exact) mass is 417 g/mol. The average molecular weight is 418 g/mol. The molecule has 2 amide bonds. The fourth-order valence-electron chi connectivity index (χ4n) is 3.87. The molecule has 152 valence electrons. The Kier molecular flexibility index (Phi) is 4.46. The van der Waals surface area contributed by atoms with Crippen LogP contribution >= 0.6 is 11.6 Å². The maximum absolute atomic E-state index is 13.7. The third kappa shape index (κ3) is 3.39. The van der Waals surface area contributed by atoms with Gasteiger partial charge in [0.25, 0.3) is 0 Å². The van der Waals surface area contributed by atoms with Gasteiger partial charge in [0, 0.05) is 25.3 Å². The van der Waals surface area contributed by atoms with Crippen molar-refractivity contribution in [1.82, 2.24) is 19.9 Å². The normalized spacial score (nSPS) is 24.4. The molecule has 1 N–H and O–H groups in total. The van der Waals surface area contributed by atoms with E-state index in [4.69, 9.17) is 16.3 Å². The lowest BCUT2D eigenvalue weighted by Crippen LogP contribution is -2.50. The van der Waals surface area contributed by atoms with Gasteiger partial charge in [0.1, 0.15) is 5.92 Å². The van der Waals surface area contributed by atoms with Crippen molar-refractivity contribution in [2.75, 3.05) is 18.1 Å². The van der Waals surface area contributed by atoms with Gasteiger partial charge in [0.15, 0.2) is 10.8 Å². The van der Waals surface area contributed by atoms with Crippen LogP contribution in [0.15, 0.2) is 12.3 Å². The van der Waals surface area contributed by atoms with Crippen molar-refractivity contribution < 1.29 is 22.7 Å². The Morgan fingerprint density at radius 3 is 2.86 bits per heavy atom. The fraction of sp³-hybridized carbons (Fsp3) is 0.588. The van der Waals surface area contributed by atoms with E-state index in [1.165, 1.54) is 12.3 Å². The van der Waals surface area contributed by atoms with Gasteiger partial charge in [0.2, 0.25) is 0 Å². The Morgan fingerprint density at radius 1 is 1.43 bits per heavy atom. The number of aromatic nitrogens is 3. The summed E-state index contributed by atoms with van der Waals surface area (Å²) in [7, 11) is 0. The van der Waals surface area contributed by atoms with Gasteiger partial charge in [-0.25, -0.2) is 14.3 Å². The van der Waals surface area contributed by atoms with Gasteiger partial charge in [-0.2, -0.15) is 18.3 Å². The highest BCUT2D eigenvalue weighted by atomic mass is 35.5. The van der Waals surface area contributed by atoms with Crippen LogP contribution in [-0.2, 0) is 4.74 Å². The Labute approximate surface area is 163 Å². The molecule has 1 saturated heterocycles. The minimum atomic E-state index is -4.54. The van der Waals surface area contributed by atoms with E-state index in [0.717, 1.165) is 9.42 Å². The van der Waals surface area contributed by atoms with Crippen molar-refractivity contribution in [2.24, 2.45) is 0 Å². The molecule has 0 radical (unpaired) electrons. The van der Waals surface area contributed by atoms with E-state index < -0.39 is 30.3 Å². The summed E-state index contributed by atoms with van der Waals surface area (Å²) in [6, 6.07) is 0.609. The average Bonchev–Trinajstić information content (AvgIpc) is 3.12. The zero-order valence-electron chi connectivity index (χ0n) is 15.3. The Bertz CT molecular complexity index is 929. The van der Waals surface area contributed by atoms with E-state index in [-0.39, 0.29) is 28.2 Å². The SMILES string of the molecule is CC1(C)CC(NC(=O)N2CC(C(F)(F)F)c3c2cnc2cc(Cl)nn32)CCO1. The first-order valence-electron chi connectivity index (χ1n) is 8.88. The molecular weight excluding hydrogens is 399 g/mol. The predicted octanol–water partition coefficient (Wildman–Crippen LogP) is 3.52. The third-order valence-electron chi connectivity index (χ3n) is 5.12. The maximum atomic E-state index is 13.7. The standard InChI is InChI=1S/C17H19ClF3N5O2/c1-16(2)6-9(3-4-28-16)23-15(27)25-8-10(17(19,20)21)14-11(25)7-22-13-5-12(18)24-26(13)14/h5,7,9-10H,3-4,6,8H2,1-2H3,(H,23,27). The lowest BCUT2D eigenvalue weighted by molar-refractivity contribution is -0.147. The fourth-order valence-corrected chi connectivity index (χ4v) is 4.05. The first-order valence-corrected chi connectivity index (χ1v) is 9.26. The van der Waals surface area contributed by atoms with Crippen LogP contribution in [0, 0.1) is 0 Å². The summed E-state index contributed by atoms with van der Waals surface area (Å²) < 4.78 is 47.8. The summed E-state index contributed by atoms with van der Waals surface area (Å²) in [6.45, 7) is 3.78. The zero-order valence-corrected chi connectivity index (χ0v) is 16.0. The van der Waals surface area contributed by atoms with Gasteiger partial charge in [-0.05, 0) is 26.7 Å². The van der Waals surface area contributed by atoms with Gasteiger partial charge in [0.05, 0.1) is 23.2 Å². The molecule has 2 aromatic rings. The molecule has 4 rings (SSSR count). The number of urea groups is 1. The molecule has 1 fully saturated rings. The smallest absolute Gasteiger partial charge is 0.375 e. The Balaban J connectivity index is 1.66. The molecule has 2 unspecified atom stereocenters. The number of hydrogen-bond acceptors (Lipinski definition) is 4. The third-order valence-corrected chi connectivity index (χ3v) is 5.31. The number of halogens is 4. The summed E-state index contributed by atoms with van der Waals surface area (Å²) >= 11 is 5.84. The number of alkyl halides is 3. The van der Waals surface area contributed by atoms with Crippen molar-refractivity contribution in [3.63, 3.8) is 0 Å². The molecule has 28 heavy (non-hydrogen) atoms. The summed E-state index contributed by atoms with van der Waals surface area (Å²) in [5.41, 5.74) is -0.246. The number of nitrogens with zero attached hydrogens (tertiary/aromatic N) is 4. The molecule has 2 aliphatic heterocycles. The van der Waals surface area contributed by atoms with Crippen molar-refractivity contribution in [3.8, 4) is 0 Å². The highest BCUT2D eigenvalue weighted by Gasteiger charge is 2.50. The highest BCUT2D eigenvalue weighted by Crippen LogP contribution is 2.45. The topological polar surface area (TPSA) is 71.8 Å². The number of amides is 2. The van der Waals surface area contributed by atoms with E-state index >= 15 is 0 Å². The molecule has 0 bridgehead atoms. The van der Waals surface area contributed by atoms with Crippen molar-refractivity contribution >= 4 is 29.0 Å². The van der Waals surface area contributed by atoms with Crippen LogP contribution in [0.25, 0.3) is 5.65 Å². The molecule has 0 spiro atoms. The van der Waals surface area contributed by atoms with Gasteiger partial charge in [-0.1, -0.05) is 11.6 Å². The quantitative estimate of drug-likeness (QED) is 0.770. The van der Waals surface area contributed by atoms with Crippen LogP contribution in [0.1, 0.15) is 38.3 Å². The number of ether oxygens (including phenoxy) is 1. The first-order chi connectivity index (χ1) is 13.0. The second-order valence-electron chi connectivity index (χ2n) is 7.72. The number of rotatable bonds is 1. The number of carbonyl (C=O) groups is 1. The van der Waals surface area contributed by atoms with Crippen LogP contribution < -0.4 is 10.2 Å². The van der Waals surface area contributed by atoms with Crippen molar-refractivity contribution in [2.45, 2.75) is 50.4 Å². The van der Waals surface area contributed by atoms with Crippen LogP contribution in [0.3, 0.4) is 0 Å². The minimum absolute atomic E-state index is 0.0363. The second kappa shape index (κ2) is 6.48. The summed E-state index contributed by atoms with van der Waals surface area (Å²) in [4.78, 5) is 18.0. The predicted molar refractivity (Wildman–Crippen MR) is 95.7 cm³/mol. The molecule has 2 aromatic heterocycles. The number of carbonyl (C=O) groups excluding carboxylic acids is 1. The van der Waals surface area contributed by atoms with Gasteiger partial charge in [-0.15, -0.1) is 0 Å². The van der Waals surface area contributed by atoms with E-state index in [2.05, 4.69) is 15.4 Å². The summed E-state index contributed by atoms with van der Waals surface area (Å²) in [6.07, 6.45) is -2.10. The van der Waals surface area contributed by atoms with Gasteiger partial charge in [-0.3, -0.25) is 4.90 Å². The summed E-state index contributed by atoms with van der Waals surface area (Å²) in [5.74, 6) is -1.87. The molecule has 0 saturated carbocycles. The number of fused-ring (bicyclic) bond motifs is 3. The van der Waals surface area contributed by atoms with Crippen LogP contribution in [-0.4, -0.2) is 51.6 Å². The number of hydrogen-bond donors (Lipinski definition) is 1. The van der Waals surface area contributed by atoms with E-state index in [1.807, 2.05) is 13.8 Å². The van der Waals surface area contributed by atoms with Gasteiger partial charge >= 0.3 is 12.2 Å². The lowest BCUT2D eigenvalue weighted by atomic mass is 9.94. The molecule has 0 aromatic carbocycles. The Morgan fingerprint density at radius 2 is 2.18 bits per heavy atom. The number of anilines is 1. The van der Waals surface area contributed by atoms with Crippen molar-refractivity contribution in [1.29, 1.82) is 0 Å². The van der Waals surface area contributed by atoms with Crippen LogP contribution in [0.2, 0.25) is 5.15 Å². The molecule has 0 aliphatic carbocycles. The molecule has 7 nitrogen and oxygen atoms in total. The van der Waals surface area contributed by atoms with E-state index in [1.54, 1.807) is 0 Å².